The lowest BCUT2D eigenvalue weighted by molar-refractivity contribution is 0.139. The van der Waals surface area contributed by atoms with Crippen LogP contribution in [0.15, 0.2) is 48.5 Å². The van der Waals surface area contributed by atoms with Gasteiger partial charge >= 0.3 is 0 Å². The first-order chi connectivity index (χ1) is 11.3. The summed E-state index contributed by atoms with van der Waals surface area (Å²) >= 11 is 0. The Morgan fingerprint density at radius 1 is 0.957 bits per heavy atom. The van der Waals surface area contributed by atoms with Crippen molar-refractivity contribution in [3.8, 4) is 0 Å². The quantitative estimate of drug-likeness (QED) is 0.765. The van der Waals surface area contributed by atoms with Crippen LogP contribution < -0.4 is 0 Å². The summed E-state index contributed by atoms with van der Waals surface area (Å²) in [6.45, 7) is 5.81. The topological polar surface area (TPSA) is 3.24 Å². The minimum absolute atomic E-state index is 0.467. The van der Waals surface area contributed by atoms with Crippen LogP contribution in [0.5, 0.6) is 0 Å². The molecule has 0 aromatic heterocycles. The fourth-order valence-corrected chi connectivity index (χ4v) is 4.70. The lowest BCUT2D eigenvalue weighted by Gasteiger charge is -2.45. The van der Waals surface area contributed by atoms with Gasteiger partial charge in [0, 0.05) is 6.54 Å². The maximum absolute atomic E-state index is 2.64. The van der Waals surface area contributed by atoms with Gasteiger partial charge in [-0.05, 0) is 74.2 Å². The second-order valence-corrected chi connectivity index (χ2v) is 7.56. The number of piperidine rings is 1. The molecule has 0 N–H and O–H groups in total. The Bertz CT molecular complexity index is 666. The number of hydrogen-bond acceptors (Lipinski definition) is 1. The van der Waals surface area contributed by atoms with Gasteiger partial charge in [0.1, 0.15) is 0 Å². The third-order valence-electron chi connectivity index (χ3n) is 6.00. The number of fused-ring (bicyclic) bond motifs is 2. The highest BCUT2D eigenvalue weighted by Crippen LogP contribution is 2.45. The van der Waals surface area contributed by atoms with Crippen LogP contribution in [0.3, 0.4) is 0 Å². The van der Waals surface area contributed by atoms with Gasteiger partial charge in [0.05, 0.1) is 0 Å². The zero-order chi connectivity index (χ0) is 15.7. The number of rotatable bonds is 2. The number of hydrogen-bond donors (Lipinski definition) is 0. The van der Waals surface area contributed by atoms with Crippen LogP contribution in [0.25, 0.3) is 0 Å². The van der Waals surface area contributed by atoms with E-state index in [1.807, 2.05) is 0 Å². The molecule has 1 heterocycles. The second-order valence-electron chi connectivity index (χ2n) is 7.56. The molecule has 0 unspecified atom stereocenters. The van der Waals surface area contributed by atoms with Gasteiger partial charge in [0.15, 0.2) is 0 Å². The van der Waals surface area contributed by atoms with Gasteiger partial charge in [-0.25, -0.2) is 0 Å². The summed E-state index contributed by atoms with van der Waals surface area (Å²) in [5.41, 5.74) is 6.64. The van der Waals surface area contributed by atoms with Crippen LogP contribution in [0.2, 0.25) is 0 Å². The average molecular weight is 305 g/mol. The zero-order valence-electron chi connectivity index (χ0n) is 14.2. The van der Waals surface area contributed by atoms with Crippen molar-refractivity contribution in [2.75, 3.05) is 13.1 Å². The molecule has 1 fully saturated rings. The molecule has 2 aromatic carbocycles. The van der Waals surface area contributed by atoms with Gasteiger partial charge in [0.2, 0.25) is 0 Å². The van der Waals surface area contributed by atoms with E-state index in [0.29, 0.717) is 5.41 Å². The number of likely N-dealkylation sites (tertiary alicyclic amines) is 1. The first-order valence-electron chi connectivity index (χ1n) is 9.12. The van der Waals surface area contributed by atoms with Crippen LogP contribution in [-0.2, 0) is 18.4 Å². The monoisotopic (exact) mass is 305 g/mol. The molecule has 23 heavy (non-hydrogen) atoms. The predicted molar refractivity (Wildman–Crippen MR) is 96.7 cm³/mol. The Balaban J connectivity index is 1.49. The van der Waals surface area contributed by atoms with E-state index in [9.17, 15) is 0 Å². The maximum atomic E-state index is 2.64. The van der Waals surface area contributed by atoms with Crippen LogP contribution in [0, 0.1) is 6.92 Å². The van der Waals surface area contributed by atoms with Gasteiger partial charge in [-0.2, -0.15) is 0 Å². The highest BCUT2D eigenvalue weighted by atomic mass is 15.1. The predicted octanol–water partition coefficient (Wildman–Crippen LogP) is 4.87. The minimum atomic E-state index is 0.467. The van der Waals surface area contributed by atoms with E-state index >= 15 is 0 Å². The molecule has 4 rings (SSSR count). The highest BCUT2D eigenvalue weighted by Gasteiger charge is 2.39. The summed E-state index contributed by atoms with van der Waals surface area (Å²) < 4.78 is 0. The van der Waals surface area contributed by atoms with Crippen molar-refractivity contribution in [3.63, 3.8) is 0 Å². The summed E-state index contributed by atoms with van der Waals surface area (Å²) in [6, 6.07) is 18.1. The van der Waals surface area contributed by atoms with Crippen molar-refractivity contribution in [2.45, 2.75) is 51.0 Å². The Morgan fingerprint density at radius 2 is 1.74 bits per heavy atom. The van der Waals surface area contributed by atoms with Crippen molar-refractivity contribution >= 4 is 0 Å². The van der Waals surface area contributed by atoms with Gasteiger partial charge in [-0.15, -0.1) is 0 Å². The van der Waals surface area contributed by atoms with E-state index in [4.69, 9.17) is 0 Å². The van der Waals surface area contributed by atoms with E-state index < -0.39 is 0 Å². The molecule has 0 atom stereocenters. The smallest absolute Gasteiger partial charge is 0.0233 e. The Morgan fingerprint density at radius 3 is 2.52 bits per heavy atom. The van der Waals surface area contributed by atoms with Gasteiger partial charge in [-0.1, -0.05) is 54.1 Å². The van der Waals surface area contributed by atoms with E-state index in [1.54, 1.807) is 11.1 Å². The largest absolute Gasteiger partial charge is 0.299 e. The first-order valence-corrected chi connectivity index (χ1v) is 9.12. The lowest BCUT2D eigenvalue weighted by Crippen LogP contribution is -2.44. The molecule has 2 aromatic rings. The van der Waals surface area contributed by atoms with E-state index in [-0.39, 0.29) is 0 Å². The summed E-state index contributed by atoms with van der Waals surface area (Å²) in [7, 11) is 0. The molecule has 2 aliphatic rings. The molecular weight excluding hydrogens is 278 g/mol. The summed E-state index contributed by atoms with van der Waals surface area (Å²) in [4.78, 5) is 2.64. The normalized spacial score (nSPS) is 20.4. The molecule has 0 radical (unpaired) electrons. The van der Waals surface area contributed by atoms with E-state index in [0.717, 1.165) is 6.54 Å². The van der Waals surface area contributed by atoms with E-state index in [2.05, 4.69) is 60.4 Å². The Kier molecular flexibility index (Phi) is 3.98. The summed E-state index contributed by atoms with van der Waals surface area (Å²) in [6.07, 6.45) is 6.70. The van der Waals surface area contributed by atoms with Crippen molar-refractivity contribution in [3.05, 3.63) is 70.8 Å². The molecule has 1 aliphatic heterocycles. The molecule has 0 amide bonds. The maximum Gasteiger partial charge on any atom is 0.0233 e. The minimum Gasteiger partial charge on any atom is -0.299 e. The standard InChI is InChI=1S/C22H27N/c1-18-9-10-21-20(16-18)8-5-11-22(21)12-14-23(15-13-22)17-19-6-3-2-4-7-19/h2-4,6-7,9-10,16H,5,8,11-15,17H2,1H3. The Hall–Kier alpha value is -1.60. The molecule has 1 saturated heterocycles. The van der Waals surface area contributed by atoms with Crippen molar-refractivity contribution < 1.29 is 0 Å². The molecule has 1 nitrogen and oxygen atoms in total. The van der Waals surface area contributed by atoms with E-state index in [1.165, 1.54) is 56.3 Å². The van der Waals surface area contributed by atoms with Crippen LogP contribution >= 0.6 is 0 Å². The third kappa shape index (κ3) is 2.95. The van der Waals surface area contributed by atoms with Gasteiger partial charge in [-0.3, -0.25) is 4.90 Å². The Labute approximate surface area is 140 Å². The fraction of sp³-hybridized carbons (Fsp3) is 0.455. The molecule has 1 spiro atoms. The third-order valence-corrected chi connectivity index (χ3v) is 6.00. The second kappa shape index (κ2) is 6.13. The van der Waals surface area contributed by atoms with Crippen LogP contribution in [-0.4, -0.2) is 18.0 Å². The zero-order valence-corrected chi connectivity index (χ0v) is 14.2. The first kappa shape index (κ1) is 15.0. The molecular formula is C22H27N. The summed E-state index contributed by atoms with van der Waals surface area (Å²) in [5, 5.41) is 0. The van der Waals surface area contributed by atoms with Crippen LogP contribution in [0.1, 0.15) is 47.9 Å². The molecule has 120 valence electrons. The number of nitrogens with zero attached hydrogens (tertiary/aromatic N) is 1. The van der Waals surface area contributed by atoms with Crippen molar-refractivity contribution in [2.24, 2.45) is 0 Å². The summed E-state index contributed by atoms with van der Waals surface area (Å²) in [5.74, 6) is 0. The van der Waals surface area contributed by atoms with Crippen molar-refractivity contribution in [1.82, 2.24) is 4.90 Å². The van der Waals surface area contributed by atoms with Gasteiger partial charge < -0.3 is 0 Å². The number of aryl methyl sites for hydroxylation is 2. The highest BCUT2D eigenvalue weighted by molar-refractivity contribution is 5.40. The number of benzene rings is 2. The molecule has 1 aliphatic carbocycles. The average Bonchev–Trinajstić information content (AvgIpc) is 2.58. The SMILES string of the molecule is Cc1ccc2c(c1)CCCC21CCN(Cc2ccccc2)CC1. The van der Waals surface area contributed by atoms with Crippen LogP contribution in [0.4, 0.5) is 0 Å². The van der Waals surface area contributed by atoms with Gasteiger partial charge in [0.25, 0.3) is 0 Å². The molecule has 0 saturated carbocycles. The van der Waals surface area contributed by atoms with Crippen molar-refractivity contribution in [1.29, 1.82) is 0 Å². The molecule has 0 bridgehead atoms. The fourth-order valence-electron chi connectivity index (χ4n) is 4.70. The molecule has 1 heteroatoms. The lowest BCUT2D eigenvalue weighted by atomic mass is 9.64.